The van der Waals surface area contributed by atoms with Crippen molar-refractivity contribution in [1.82, 2.24) is 5.32 Å². The van der Waals surface area contributed by atoms with E-state index in [-0.39, 0.29) is 0 Å². The molecule has 0 aliphatic heterocycles. The lowest BCUT2D eigenvalue weighted by Crippen LogP contribution is -2.25. The molecule has 1 aliphatic rings. The van der Waals surface area contributed by atoms with E-state index in [0.29, 0.717) is 5.92 Å². The van der Waals surface area contributed by atoms with Crippen molar-refractivity contribution in [1.29, 1.82) is 0 Å². The predicted molar refractivity (Wildman–Crippen MR) is 77.4 cm³/mol. The first-order chi connectivity index (χ1) is 8.31. The van der Waals surface area contributed by atoms with Gasteiger partial charge in [0.1, 0.15) is 0 Å². The summed E-state index contributed by atoms with van der Waals surface area (Å²) in [5.74, 6) is 1.54. The highest BCUT2D eigenvalue weighted by Crippen LogP contribution is 2.36. The molecule has 1 aromatic carbocycles. The van der Waals surface area contributed by atoms with E-state index in [2.05, 4.69) is 52.6 Å². The van der Waals surface area contributed by atoms with Gasteiger partial charge in [-0.05, 0) is 49.4 Å². The van der Waals surface area contributed by atoms with Crippen LogP contribution in [0.1, 0.15) is 43.6 Å². The van der Waals surface area contributed by atoms with Crippen LogP contribution in [0.3, 0.4) is 0 Å². The summed E-state index contributed by atoms with van der Waals surface area (Å²) in [5, 5.41) is 3.37. The molecule has 17 heavy (non-hydrogen) atoms. The lowest BCUT2D eigenvalue weighted by Gasteiger charge is -2.30. The third kappa shape index (κ3) is 3.56. The van der Waals surface area contributed by atoms with Gasteiger partial charge in [0.25, 0.3) is 0 Å². The predicted octanol–water partition coefficient (Wildman–Crippen LogP) is 4.33. The maximum absolute atomic E-state index is 3.59. The number of hydrogen-bond donors (Lipinski definition) is 1. The fraction of sp³-hybridized carbons (Fsp3) is 0.600. The van der Waals surface area contributed by atoms with Crippen LogP contribution in [0.2, 0.25) is 0 Å². The van der Waals surface area contributed by atoms with Gasteiger partial charge in [-0.15, -0.1) is 0 Å². The van der Waals surface area contributed by atoms with E-state index in [4.69, 9.17) is 0 Å². The molecular formula is C15H22BrN. The van der Waals surface area contributed by atoms with Crippen LogP contribution < -0.4 is 5.32 Å². The maximum Gasteiger partial charge on any atom is 0.0178 e. The highest BCUT2D eigenvalue weighted by atomic mass is 79.9. The van der Waals surface area contributed by atoms with Gasteiger partial charge in [-0.25, -0.2) is 0 Å². The monoisotopic (exact) mass is 295 g/mol. The number of likely N-dealkylation sites (N-methyl/N-ethyl adjacent to an activating group) is 1. The zero-order valence-electron chi connectivity index (χ0n) is 10.6. The molecule has 1 atom stereocenters. The first-order valence-corrected chi connectivity index (χ1v) is 7.50. The topological polar surface area (TPSA) is 12.0 Å². The third-order valence-corrected chi connectivity index (χ3v) is 4.41. The Kier molecular flexibility index (Phi) is 5.05. The van der Waals surface area contributed by atoms with Crippen LogP contribution >= 0.6 is 15.9 Å². The molecule has 1 saturated carbocycles. The summed E-state index contributed by atoms with van der Waals surface area (Å²) in [6.45, 7) is 1.10. The lowest BCUT2D eigenvalue weighted by molar-refractivity contribution is 0.300. The van der Waals surface area contributed by atoms with Gasteiger partial charge in [0.05, 0.1) is 0 Å². The first-order valence-electron chi connectivity index (χ1n) is 6.71. The fourth-order valence-electron chi connectivity index (χ4n) is 3.05. The average Bonchev–Trinajstić information content (AvgIpc) is 2.37. The van der Waals surface area contributed by atoms with Gasteiger partial charge in [-0.3, -0.25) is 0 Å². The van der Waals surface area contributed by atoms with E-state index in [0.717, 1.165) is 12.5 Å². The number of hydrogen-bond acceptors (Lipinski definition) is 1. The second-order valence-corrected chi connectivity index (χ2v) is 6.03. The normalized spacial score (nSPS) is 19.2. The Morgan fingerprint density at radius 3 is 2.71 bits per heavy atom. The molecule has 94 valence electrons. The van der Waals surface area contributed by atoms with Crippen LogP contribution in [-0.4, -0.2) is 13.6 Å². The van der Waals surface area contributed by atoms with Gasteiger partial charge in [0.15, 0.2) is 0 Å². The van der Waals surface area contributed by atoms with Crippen LogP contribution in [0.15, 0.2) is 28.7 Å². The standard InChI is InChI=1S/C15H22BrN/c1-17-11-15(12-6-3-2-4-7-12)13-8-5-9-14(16)10-13/h5,8-10,12,15,17H,2-4,6-7,11H2,1H3. The maximum atomic E-state index is 3.59. The van der Waals surface area contributed by atoms with Gasteiger partial charge in [-0.2, -0.15) is 0 Å². The van der Waals surface area contributed by atoms with E-state index in [9.17, 15) is 0 Å². The van der Waals surface area contributed by atoms with Gasteiger partial charge < -0.3 is 5.32 Å². The number of benzene rings is 1. The van der Waals surface area contributed by atoms with Crippen molar-refractivity contribution in [2.75, 3.05) is 13.6 Å². The summed E-state index contributed by atoms with van der Waals surface area (Å²) in [5.41, 5.74) is 1.49. The molecule has 0 amide bonds. The van der Waals surface area contributed by atoms with Gasteiger partial charge in [0.2, 0.25) is 0 Å². The molecule has 0 heterocycles. The van der Waals surface area contributed by atoms with Crippen LogP contribution in [0, 0.1) is 5.92 Å². The van der Waals surface area contributed by atoms with Crippen molar-refractivity contribution in [3.8, 4) is 0 Å². The molecule has 1 nitrogen and oxygen atoms in total. The highest BCUT2D eigenvalue weighted by Gasteiger charge is 2.24. The quantitative estimate of drug-likeness (QED) is 0.872. The van der Waals surface area contributed by atoms with Gasteiger partial charge in [0, 0.05) is 11.0 Å². The number of halogens is 1. The molecule has 0 saturated heterocycles. The van der Waals surface area contributed by atoms with Crippen molar-refractivity contribution in [3.05, 3.63) is 34.3 Å². The SMILES string of the molecule is CNCC(c1cccc(Br)c1)C1CCCCC1. The first kappa shape index (κ1) is 13.1. The van der Waals surface area contributed by atoms with Crippen molar-refractivity contribution >= 4 is 15.9 Å². The summed E-state index contributed by atoms with van der Waals surface area (Å²) in [7, 11) is 2.06. The Morgan fingerprint density at radius 2 is 2.06 bits per heavy atom. The Hall–Kier alpha value is -0.340. The Bertz CT molecular complexity index is 345. The van der Waals surface area contributed by atoms with E-state index in [1.807, 2.05) is 0 Å². The molecule has 0 bridgehead atoms. The summed E-state index contributed by atoms with van der Waals surface area (Å²) < 4.78 is 1.20. The lowest BCUT2D eigenvalue weighted by atomic mass is 9.77. The van der Waals surface area contributed by atoms with E-state index in [1.165, 1.54) is 42.1 Å². The second-order valence-electron chi connectivity index (χ2n) is 5.12. The van der Waals surface area contributed by atoms with E-state index >= 15 is 0 Å². The number of rotatable bonds is 4. The second kappa shape index (κ2) is 6.55. The van der Waals surface area contributed by atoms with E-state index < -0.39 is 0 Å². The summed E-state index contributed by atoms with van der Waals surface area (Å²) >= 11 is 3.59. The minimum Gasteiger partial charge on any atom is -0.319 e. The van der Waals surface area contributed by atoms with Crippen molar-refractivity contribution in [2.45, 2.75) is 38.0 Å². The molecule has 0 spiro atoms. The minimum atomic E-state index is 0.679. The average molecular weight is 296 g/mol. The molecule has 1 aromatic rings. The molecule has 1 aliphatic carbocycles. The van der Waals surface area contributed by atoms with E-state index in [1.54, 1.807) is 0 Å². The van der Waals surface area contributed by atoms with Crippen LogP contribution in [0.4, 0.5) is 0 Å². The summed E-state index contributed by atoms with van der Waals surface area (Å²) in [4.78, 5) is 0. The molecule has 1 fully saturated rings. The fourth-order valence-corrected chi connectivity index (χ4v) is 3.47. The van der Waals surface area contributed by atoms with Gasteiger partial charge >= 0.3 is 0 Å². The summed E-state index contributed by atoms with van der Waals surface area (Å²) in [6, 6.07) is 8.84. The van der Waals surface area contributed by atoms with Crippen LogP contribution in [0.25, 0.3) is 0 Å². The Labute approximate surface area is 113 Å². The zero-order valence-corrected chi connectivity index (χ0v) is 12.2. The van der Waals surface area contributed by atoms with Crippen molar-refractivity contribution in [2.24, 2.45) is 5.92 Å². The molecular weight excluding hydrogens is 274 g/mol. The largest absolute Gasteiger partial charge is 0.319 e. The minimum absolute atomic E-state index is 0.679. The van der Waals surface area contributed by atoms with Crippen molar-refractivity contribution in [3.63, 3.8) is 0 Å². The molecule has 2 rings (SSSR count). The number of nitrogens with one attached hydrogen (secondary N) is 1. The Morgan fingerprint density at radius 1 is 1.29 bits per heavy atom. The van der Waals surface area contributed by atoms with Gasteiger partial charge in [-0.1, -0.05) is 47.3 Å². The zero-order chi connectivity index (χ0) is 12.1. The molecule has 0 aromatic heterocycles. The highest BCUT2D eigenvalue weighted by molar-refractivity contribution is 9.10. The molecule has 0 radical (unpaired) electrons. The van der Waals surface area contributed by atoms with Crippen molar-refractivity contribution < 1.29 is 0 Å². The van der Waals surface area contributed by atoms with Crippen LogP contribution in [0.5, 0.6) is 0 Å². The molecule has 1 N–H and O–H groups in total. The molecule has 2 heteroatoms. The van der Waals surface area contributed by atoms with Crippen LogP contribution in [-0.2, 0) is 0 Å². The smallest absolute Gasteiger partial charge is 0.0178 e. The third-order valence-electron chi connectivity index (χ3n) is 3.92. The summed E-state index contributed by atoms with van der Waals surface area (Å²) in [6.07, 6.45) is 7.07. The Balaban J connectivity index is 2.15. The molecule has 1 unspecified atom stereocenters.